The molecule has 0 unspecified atom stereocenters. The van der Waals surface area contributed by atoms with Crippen LogP contribution >= 0.6 is 0 Å². The molecule has 5 nitrogen and oxygen atoms in total. The van der Waals surface area contributed by atoms with Crippen molar-refractivity contribution >= 4 is 38.1 Å². The molecule has 0 bridgehead atoms. The minimum atomic E-state index is -3.42. The maximum absolute atomic E-state index is 12.4. The molecule has 29 heavy (non-hydrogen) atoms. The molecule has 3 aromatic rings. The van der Waals surface area contributed by atoms with Gasteiger partial charge in [0, 0.05) is 24.0 Å². The average molecular weight is 411 g/mol. The van der Waals surface area contributed by atoms with Crippen LogP contribution in [0.2, 0.25) is 0 Å². The minimum Gasteiger partial charge on any atom is -0.326 e. The standard InChI is InChI=1S/C23H26N2O3S/c1-3-18-13-15-20(16-14-18)25(29(2,27)28)17-7-12-23(26)24-22-11-6-9-19-8-4-5-10-21(19)22/h4-6,8-11,13-16H,3,7,12,17H2,1-2H3,(H,24,26). The number of sulfonamides is 1. The van der Waals surface area contributed by atoms with E-state index in [1.165, 1.54) is 10.6 Å². The highest BCUT2D eigenvalue weighted by molar-refractivity contribution is 7.92. The van der Waals surface area contributed by atoms with Crippen LogP contribution in [0.3, 0.4) is 0 Å². The van der Waals surface area contributed by atoms with Gasteiger partial charge >= 0.3 is 0 Å². The van der Waals surface area contributed by atoms with Gasteiger partial charge in [-0.3, -0.25) is 9.10 Å². The van der Waals surface area contributed by atoms with E-state index in [4.69, 9.17) is 0 Å². The third-order valence-corrected chi connectivity index (χ3v) is 6.06. The molecule has 0 atom stereocenters. The number of hydrogen-bond donors (Lipinski definition) is 1. The summed E-state index contributed by atoms with van der Waals surface area (Å²) in [5.41, 5.74) is 2.54. The maximum atomic E-state index is 12.4. The highest BCUT2D eigenvalue weighted by Gasteiger charge is 2.17. The van der Waals surface area contributed by atoms with Gasteiger partial charge in [-0.1, -0.05) is 55.5 Å². The lowest BCUT2D eigenvalue weighted by Crippen LogP contribution is -2.31. The van der Waals surface area contributed by atoms with E-state index in [0.29, 0.717) is 12.1 Å². The topological polar surface area (TPSA) is 66.5 Å². The number of amides is 1. The van der Waals surface area contributed by atoms with Crippen LogP contribution in [0, 0.1) is 0 Å². The molecular weight excluding hydrogens is 384 g/mol. The van der Waals surface area contributed by atoms with E-state index in [-0.39, 0.29) is 18.9 Å². The number of nitrogens with zero attached hydrogens (tertiary/aromatic N) is 1. The Balaban J connectivity index is 1.63. The van der Waals surface area contributed by atoms with Crippen LogP contribution in [0.5, 0.6) is 0 Å². The Labute approximate surface area is 172 Å². The predicted molar refractivity (Wildman–Crippen MR) is 120 cm³/mol. The molecule has 0 saturated heterocycles. The lowest BCUT2D eigenvalue weighted by molar-refractivity contribution is -0.116. The van der Waals surface area contributed by atoms with Gasteiger partial charge in [0.05, 0.1) is 11.9 Å². The van der Waals surface area contributed by atoms with Crippen molar-refractivity contribution in [1.29, 1.82) is 0 Å². The Morgan fingerprint density at radius 3 is 2.34 bits per heavy atom. The number of benzene rings is 3. The van der Waals surface area contributed by atoms with E-state index in [2.05, 4.69) is 12.2 Å². The summed E-state index contributed by atoms with van der Waals surface area (Å²) in [5.74, 6) is -0.129. The Morgan fingerprint density at radius 1 is 0.966 bits per heavy atom. The van der Waals surface area contributed by atoms with Gasteiger partial charge in [0.25, 0.3) is 0 Å². The minimum absolute atomic E-state index is 0.129. The monoisotopic (exact) mass is 410 g/mol. The molecule has 0 aliphatic rings. The van der Waals surface area contributed by atoms with E-state index in [9.17, 15) is 13.2 Å². The smallest absolute Gasteiger partial charge is 0.232 e. The molecule has 1 amide bonds. The van der Waals surface area contributed by atoms with Gasteiger partial charge < -0.3 is 5.32 Å². The van der Waals surface area contributed by atoms with Crippen LogP contribution in [-0.4, -0.2) is 27.1 Å². The molecule has 6 heteroatoms. The number of fused-ring (bicyclic) bond motifs is 1. The van der Waals surface area contributed by atoms with Gasteiger partial charge in [-0.05, 0) is 42.0 Å². The van der Waals surface area contributed by atoms with Crippen molar-refractivity contribution in [1.82, 2.24) is 0 Å². The number of anilines is 2. The summed E-state index contributed by atoms with van der Waals surface area (Å²) in [6.07, 6.45) is 2.76. The average Bonchev–Trinajstić information content (AvgIpc) is 2.71. The van der Waals surface area contributed by atoms with Gasteiger partial charge in [-0.15, -0.1) is 0 Å². The largest absolute Gasteiger partial charge is 0.326 e. The number of aryl methyl sites for hydroxylation is 1. The van der Waals surface area contributed by atoms with Crippen LogP contribution in [-0.2, 0) is 21.2 Å². The van der Waals surface area contributed by atoms with E-state index < -0.39 is 10.0 Å². The first kappa shape index (κ1) is 20.9. The lowest BCUT2D eigenvalue weighted by Gasteiger charge is -2.22. The zero-order chi connectivity index (χ0) is 20.9. The highest BCUT2D eigenvalue weighted by Crippen LogP contribution is 2.23. The van der Waals surface area contributed by atoms with Crippen molar-refractivity contribution in [3.8, 4) is 0 Å². The molecule has 0 aliphatic carbocycles. The molecule has 0 radical (unpaired) electrons. The molecule has 0 aliphatic heterocycles. The van der Waals surface area contributed by atoms with Gasteiger partial charge in [-0.25, -0.2) is 8.42 Å². The first-order chi connectivity index (χ1) is 13.9. The third-order valence-electron chi connectivity index (χ3n) is 4.86. The fraction of sp³-hybridized carbons (Fsp3) is 0.261. The van der Waals surface area contributed by atoms with Crippen molar-refractivity contribution in [2.24, 2.45) is 0 Å². The number of nitrogens with one attached hydrogen (secondary N) is 1. The summed E-state index contributed by atoms with van der Waals surface area (Å²) >= 11 is 0. The zero-order valence-corrected chi connectivity index (χ0v) is 17.6. The Morgan fingerprint density at radius 2 is 1.66 bits per heavy atom. The SMILES string of the molecule is CCc1ccc(N(CCCC(=O)Nc2cccc3ccccc23)S(C)(=O)=O)cc1. The van der Waals surface area contributed by atoms with Crippen molar-refractivity contribution in [3.05, 3.63) is 72.3 Å². The van der Waals surface area contributed by atoms with Gasteiger partial charge in [-0.2, -0.15) is 0 Å². The van der Waals surface area contributed by atoms with Crippen LogP contribution in [0.1, 0.15) is 25.3 Å². The quantitative estimate of drug-likeness (QED) is 0.591. The van der Waals surface area contributed by atoms with Crippen LogP contribution in [0.4, 0.5) is 11.4 Å². The van der Waals surface area contributed by atoms with E-state index in [1.807, 2.05) is 66.7 Å². The van der Waals surface area contributed by atoms with Crippen LogP contribution < -0.4 is 9.62 Å². The Bertz CT molecular complexity index is 1090. The molecule has 1 N–H and O–H groups in total. The molecule has 0 aromatic heterocycles. The highest BCUT2D eigenvalue weighted by atomic mass is 32.2. The van der Waals surface area contributed by atoms with Crippen molar-refractivity contribution in [3.63, 3.8) is 0 Å². The van der Waals surface area contributed by atoms with Crippen molar-refractivity contribution < 1.29 is 13.2 Å². The molecule has 152 valence electrons. The molecule has 0 saturated carbocycles. The first-order valence-corrected chi connectivity index (χ1v) is 11.6. The summed E-state index contributed by atoms with van der Waals surface area (Å²) in [6, 6.07) is 21.1. The van der Waals surface area contributed by atoms with Crippen molar-refractivity contribution in [2.45, 2.75) is 26.2 Å². The normalized spacial score (nSPS) is 11.4. The summed E-state index contributed by atoms with van der Waals surface area (Å²) in [6.45, 7) is 2.31. The number of carbonyl (C=O) groups is 1. The fourth-order valence-corrected chi connectivity index (χ4v) is 4.28. The van der Waals surface area contributed by atoms with Crippen LogP contribution in [0.25, 0.3) is 10.8 Å². The Hall–Kier alpha value is -2.86. The molecule has 3 aromatic carbocycles. The number of hydrogen-bond acceptors (Lipinski definition) is 3. The Kier molecular flexibility index (Phi) is 6.54. The third kappa shape index (κ3) is 5.35. The van der Waals surface area contributed by atoms with Gasteiger partial charge in [0.1, 0.15) is 0 Å². The maximum Gasteiger partial charge on any atom is 0.232 e. The van der Waals surface area contributed by atoms with Gasteiger partial charge in [0.2, 0.25) is 15.9 Å². The molecular formula is C23H26N2O3S. The van der Waals surface area contributed by atoms with E-state index in [1.54, 1.807) is 0 Å². The van der Waals surface area contributed by atoms with E-state index in [0.717, 1.165) is 28.4 Å². The summed E-state index contributed by atoms with van der Waals surface area (Å²) in [5, 5.41) is 4.99. The van der Waals surface area contributed by atoms with Gasteiger partial charge in [0.15, 0.2) is 0 Å². The zero-order valence-electron chi connectivity index (χ0n) is 16.8. The predicted octanol–water partition coefficient (Wildman–Crippen LogP) is 4.59. The lowest BCUT2D eigenvalue weighted by atomic mass is 10.1. The number of rotatable bonds is 8. The van der Waals surface area contributed by atoms with Crippen LogP contribution in [0.15, 0.2) is 66.7 Å². The second-order valence-corrected chi connectivity index (χ2v) is 8.94. The first-order valence-electron chi connectivity index (χ1n) is 9.73. The summed E-state index contributed by atoms with van der Waals surface area (Å²) in [7, 11) is -3.42. The number of carbonyl (C=O) groups excluding carboxylic acids is 1. The van der Waals surface area contributed by atoms with Crippen molar-refractivity contribution in [2.75, 3.05) is 22.4 Å². The van der Waals surface area contributed by atoms with E-state index >= 15 is 0 Å². The molecule has 0 heterocycles. The fourth-order valence-electron chi connectivity index (χ4n) is 3.31. The molecule has 3 rings (SSSR count). The second kappa shape index (κ2) is 9.09. The summed E-state index contributed by atoms with van der Waals surface area (Å²) < 4.78 is 25.8. The molecule has 0 fully saturated rings. The summed E-state index contributed by atoms with van der Waals surface area (Å²) in [4.78, 5) is 12.4. The molecule has 0 spiro atoms. The second-order valence-electron chi connectivity index (χ2n) is 7.03.